The number of hydrogen-bond donors (Lipinski definition) is 1. The van der Waals surface area contributed by atoms with Crippen molar-refractivity contribution in [2.75, 3.05) is 13.7 Å². The van der Waals surface area contributed by atoms with Crippen LogP contribution in [0.4, 0.5) is 0 Å². The van der Waals surface area contributed by atoms with E-state index in [0.29, 0.717) is 31.2 Å². The third-order valence-electron chi connectivity index (χ3n) is 5.25. The molecule has 1 aromatic carbocycles. The van der Waals surface area contributed by atoms with Gasteiger partial charge in [0.05, 0.1) is 12.6 Å². The number of ether oxygens (including phenoxy) is 1. The molecule has 1 aliphatic carbocycles. The molecule has 0 aliphatic heterocycles. The summed E-state index contributed by atoms with van der Waals surface area (Å²) in [7, 11) is 1.67. The molecular weight excluding hydrogens is 344 g/mol. The van der Waals surface area contributed by atoms with Gasteiger partial charge < -0.3 is 19.9 Å². The number of carbonyl (C=O) groups is 1. The number of hydrogen-bond acceptors (Lipinski definition) is 6. The van der Waals surface area contributed by atoms with Crippen LogP contribution in [-0.2, 0) is 16.1 Å². The molecule has 1 heterocycles. The summed E-state index contributed by atoms with van der Waals surface area (Å²) in [6.45, 7) is 4.87. The van der Waals surface area contributed by atoms with Crippen LogP contribution in [0.3, 0.4) is 0 Å². The van der Waals surface area contributed by atoms with E-state index in [1.54, 1.807) is 12.0 Å². The summed E-state index contributed by atoms with van der Waals surface area (Å²) in [5.41, 5.74) is 8.19. The number of methoxy groups -OCH3 is 1. The molecule has 7 nitrogen and oxygen atoms in total. The smallest absolute Gasteiger partial charge is 0.246 e. The Kier molecular flexibility index (Phi) is 6.23. The van der Waals surface area contributed by atoms with Crippen molar-refractivity contribution in [1.82, 2.24) is 15.0 Å². The molecule has 1 saturated carbocycles. The van der Waals surface area contributed by atoms with Gasteiger partial charge in [-0.3, -0.25) is 4.79 Å². The Bertz CT molecular complexity index is 776. The number of nitrogens with two attached hydrogens (primary N) is 1. The molecule has 3 atom stereocenters. The molecule has 1 aromatic heterocycles. The first-order chi connectivity index (χ1) is 13.0. The molecule has 3 rings (SSSR count). The van der Waals surface area contributed by atoms with Crippen molar-refractivity contribution in [3.05, 3.63) is 35.7 Å². The highest BCUT2D eigenvalue weighted by Crippen LogP contribution is 2.27. The van der Waals surface area contributed by atoms with Crippen molar-refractivity contribution in [1.29, 1.82) is 0 Å². The number of benzene rings is 1. The van der Waals surface area contributed by atoms with Crippen molar-refractivity contribution in [2.24, 2.45) is 11.7 Å². The van der Waals surface area contributed by atoms with E-state index in [9.17, 15) is 4.79 Å². The second-order valence-corrected chi connectivity index (χ2v) is 7.18. The van der Waals surface area contributed by atoms with E-state index in [0.717, 1.165) is 24.0 Å². The average molecular weight is 372 g/mol. The quantitative estimate of drug-likeness (QED) is 0.837. The van der Waals surface area contributed by atoms with Gasteiger partial charge in [-0.05, 0) is 39.2 Å². The summed E-state index contributed by atoms with van der Waals surface area (Å²) in [5, 5.41) is 4.06. The maximum Gasteiger partial charge on any atom is 0.246 e. The van der Waals surface area contributed by atoms with Gasteiger partial charge in [-0.25, -0.2) is 0 Å². The zero-order valence-electron chi connectivity index (χ0n) is 16.2. The van der Waals surface area contributed by atoms with Crippen molar-refractivity contribution in [3.8, 4) is 11.4 Å². The van der Waals surface area contributed by atoms with Crippen molar-refractivity contribution < 1.29 is 14.1 Å². The van der Waals surface area contributed by atoms with Crippen LogP contribution in [-0.4, -0.2) is 46.7 Å². The van der Waals surface area contributed by atoms with Gasteiger partial charge in [-0.1, -0.05) is 28.9 Å². The molecule has 0 bridgehead atoms. The van der Waals surface area contributed by atoms with Crippen LogP contribution in [0, 0.1) is 12.8 Å². The monoisotopic (exact) mass is 372 g/mol. The first-order valence-electron chi connectivity index (χ1n) is 9.48. The van der Waals surface area contributed by atoms with Crippen molar-refractivity contribution in [3.63, 3.8) is 0 Å². The number of aromatic nitrogens is 2. The highest BCUT2D eigenvalue weighted by molar-refractivity contribution is 5.79. The standard InChI is InChI=1S/C20H28N4O3/c1-4-24(20(25)15-8-9-17(26-3)16(21)11-15)12-18-22-19(23-27-18)14-7-5-6-13(2)10-14/h5-7,10,15-17H,4,8-9,11-12,21H2,1-3H3/t15-,16+,17+/m0/s1. The Morgan fingerprint density at radius 3 is 2.89 bits per heavy atom. The molecule has 2 aromatic rings. The lowest BCUT2D eigenvalue weighted by Crippen LogP contribution is -2.46. The van der Waals surface area contributed by atoms with Crippen LogP contribution in [0.25, 0.3) is 11.4 Å². The molecule has 0 saturated heterocycles. The minimum Gasteiger partial charge on any atom is -0.380 e. The predicted molar refractivity (Wildman–Crippen MR) is 102 cm³/mol. The summed E-state index contributed by atoms with van der Waals surface area (Å²) >= 11 is 0. The largest absolute Gasteiger partial charge is 0.380 e. The van der Waals surface area contributed by atoms with Gasteiger partial charge >= 0.3 is 0 Å². The fourth-order valence-corrected chi connectivity index (χ4v) is 3.68. The van der Waals surface area contributed by atoms with Gasteiger partial charge in [-0.2, -0.15) is 4.98 Å². The second kappa shape index (κ2) is 8.63. The zero-order chi connectivity index (χ0) is 19.4. The first-order valence-corrected chi connectivity index (χ1v) is 9.48. The molecule has 0 spiro atoms. The average Bonchev–Trinajstić information content (AvgIpc) is 3.14. The molecule has 27 heavy (non-hydrogen) atoms. The first kappa shape index (κ1) is 19.5. The molecule has 1 amide bonds. The molecule has 146 valence electrons. The lowest BCUT2D eigenvalue weighted by molar-refractivity contribution is -0.138. The summed E-state index contributed by atoms with van der Waals surface area (Å²) < 4.78 is 10.8. The Labute approximate surface area is 159 Å². The zero-order valence-corrected chi connectivity index (χ0v) is 16.2. The number of rotatable bonds is 6. The van der Waals surface area contributed by atoms with Crippen LogP contribution < -0.4 is 5.73 Å². The van der Waals surface area contributed by atoms with Crippen molar-refractivity contribution >= 4 is 5.91 Å². The Hall–Kier alpha value is -2.25. The molecule has 7 heteroatoms. The number of nitrogens with zero attached hydrogens (tertiary/aromatic N) is 3. The highest BCUT2D eigenvalue weighted by atomic mass is 16.5. The van der Waals surface area contributed by atoms with E-state index in [2.05, 4.69) is 10.1 Å². The van der Waals surface area contributed by atoms with Crippen LogP contribution >= 0.6 is 0 Å². The maximum absolute atomic E-state index is 12.9. The summed E-state index contributed by atoms with van der Waals surface area (Å²) in [6, 6.07) is 7.83. The van der Waals surface area contributed by atoms with E-state index < -0.39 is 0 Å². The SMILES string of the molecule is CCN(Cc1nc(-c2cccc(C)c2)no1)C(=O)[C@H]1CC[C@@H](OC)[C@H](N)C1. The van der Waals surface area contributed by atoms with Crippen LogP contribution in [0.1, 0.15) is 37.6 Å². The third kappa shape index (κ3) is 4.54. The summed E-state index contributed by atoms with van der Waals surface area (Å²) in [6.07, 6.45) is 2.28. The second-order valence-electron chi connectivity index (χ2n) is 7.18. The number of aryl methyl sites for hydroxylation is 1. The van der Waals surface area contributed by atoms with Gasteiger partial charge in [0, 0.05) is 31.2 Å². The Morgan fingerprint density at radius 1 is 1.41 bits per heavy atom. The lowest BCUT2D eigenvalue weighted by atomic mass is 9.83. The van der Waals surface area contributed by atoms with Gasteiger partial charge in [-0.15, -0.1) is 0 Å². The predicted octanol–water partition coefficient (Wildman–Crippen LogP) is 2.54. The van der Waals surface area contributed by atoms with E-state index in [1.807, 2.05) is 38.1 Å². The molecule has 1 fully saturated rings. The van der Waals surface area contributed by atoms with E-state index in [-0.39, 0.29) is 24.0 Å². The van der Waals surface area contributed by atoms with Gasteiger partial charge in [0.15, 0.2) is 0 Å². The number of amides is 1. The minimum atomic E-state index is -0.104. The van der Waals surface area contributed by atoms with Crippen LogP contribution in [0.5, 0.6) is 0 Å². The lowest BCUT2D eigenvalue weighted by Gasteiger charge is -2.34. The van der Waals surface area contributed by atoms with E-state index in [4.69, 9.17) is 15.0 Å². The van der Waals surface area contributed by atoms with Gasteiger partial charge in [0.25, 0.3) is 0 Å². The molecular formula is C20H28N4O3. The molecule has 0 radical (unpaired) electrons. The maximum atomic E-state index is 12.9. The highest BCUT2D eigenvalue weighted by Gasteiger charge is 2.34. The van der Waals surface area contributed by atoms with Crippen LogP contribution in [0.2, 0.25) is 0 Å². The summed E-state index contributed by atoms with van der Waals surface area (Å²) in [4.78, 5) is 19.2. The van der Waals surface area contributed by atoms with Crippen molar-refractivity contribution in [2.45, 2.75) is 51.8 Å². The Morgan fingerprint density at radius 2 is 2.22 bits per heavy atom. The van der Waals surface area contributed by atoms with E-state index >= 15 is 0 Å². The summed E-state index contributed by atoms with van der Waals surface area (Å²) in [5.74, 6) is 1.000. The fourth-order valence-electron chi connectivity index (χ4n) is 3.68. The topological polar surface area (TPSA) is 94.5 Å². The normalized spacial score (nSPS) is 22.6. The molecule has 0 unspecified atom stereocenters. The van der Waals surface area contributed by atoms with Gasteiger partial charge in [0.2, 0.25) is 17.6 Å². The van der Waals surface area contributed by atoms with E-state index in [1.165, 1.54) is 0 Å². The number of carbonyl (C=O) groups excluding carboxylic acids is 1. The Balaban J connectivity index is 1.66. The minimum absolute atomic E-state index is 0.0388. The van der Waals surface area contributed by atoms with Crippen LogP contribution in [0.15, 0.2) is 28.8 Å². The molecule has 1 aliphatic rings. The van der Waals surface area contributed by atoms with Gasteiger partial charge in [0.1, 0.15) is 0 Å². The third-order valence-corrected chi connectivity index (χ3v) is 5.25. The fraction of sp³-hybridized carbons (Fsp3) is 0.550. The molecule has 2 N–H and O–H groups in total.